The highest BCUT2D eigenvalue weighted by Gasteiger charge is 2.28. The lowest BCUT2D eigenvalue weighted by molar-refractivity contribution is 0.0784. The van der Waals surface area contributed by atoms with Gasteiger partial charge < -0.3 is 4.90 Å². The van der Waals surface area contributed by atoms with Gasteiger partial charge in [-0.05, 0) is 55.7 Å². The zero-order valence-corrected chi connectivity index (χ0v) is 19.0. The number of aromatic nitrogens is 4. The number of carbonyl (C=O) groups is 1. The van der Waals surface area contributed by atoms with Crippen LogP contribution in [0.15, 0.2) is 55.3 Å². The van der Waals surface area contributed by atoms with Crippen molar-refractivity contribution in [3.8, 4) is 23.1 Å². The molecule has 0 unspecified atom stereocenters. The number of carbonyl (C=O) groups excluding carboxylic acids is 1. The van der Waals surface area contributed by atoms with E-state index in [4.69, 9.17) is 5.26 Å². The minimum Gasteiger partial charge on any atom is -0.337 e. The third-order valence-electron chi connectivity index (χ3n) is 6.51. The molecule has 2 aromatic heterocycles. The minimum absolute atomic E-state index is 0.0434. The predicted molar refractivity (Wildman–Crippen MR) is 127 cm³/mol. The van der Waals surface area contributed by atoms with E-state index in [9.17, 15) is 9.18 Å². The van der Waals surface area contributed by atoms with Gasteiger partial charge in [-0.25, -0.2) is 9.37 Å². The van der Waals surface area contributed by atoms with E-state index in [1.54, 1.807) is 21.7 Å². The van der Waals surface area contributed by atoms with Crippen molar-refractivity contribution >= 4 is 16.8 Å². The molecule has 1 aliphatic heterocycles. The molecule has 1 saturated heterocycles. The molecule has 0 aliphatic carbocycles. The van der Waals surface area contributed by atoms with Crippen LogP contribution in [0.1, 0.15) is 28.2 Å². The van der Waals surface area contributed by atoms with Crippen molar-refractivity contribution in [3.05, 3.63) is 78.0 Å². The fraction of sp³-hybridized carbons (Fsp3) is 0.231. The number of aryl methyl sites for hydroxylation is 2. The number of rotatable bonds is 4. The Bertz CT molecular complexity index is 1490. The average molecular weight is 455 g/mol. The molecule has 0 bridgehead atoms. The summed E-state index contributed by atoms with van der Waals surface area (Å²) in [5.41, 5.74) is 3.36. The van der Waals surface area contributed by atoms with Gasteiger partial charge in [0.1, 0.15) is 23.4 Å². The normalized spacial score (nSPS) is 15.6. The standard InChI is InChI=1S/C26H23FN6O/c1-4-17-9-10-32(14-17)26(34)24-15-33(20-7-8-23-21(12-20)16(2)31(3)30-23)25(29-24)18-5-6-19(13-28)22(27)11-18/h4-8,11-12,15,17H,1,9-10,14H2,2-3H3/t17-/m0/s1. The van der Waals surface area contributed by atoms with Crippen molar-refractivity contribution in [2.24, 2.45) is 13.0 Å². The fourth-order valence-corrected chi connectivity index (χ4v) is 4.42. The lowest BCUT2D eigenvalue weighted by Crippen LogP contribution is -2.28. The van der Waals surface area contributed by atoms with Crippen molar-refractivity contribution in [1.29, 1.82) is 5.26 Å². The van der Waals surface area contributed by atoms with Crippen LogP contribution < -0.4 is 0 Å². The monoisotopic (exact) mass is 454 g/mol. The number of imidazole rings is 1. The number of hydrogen-bond acceptors (Lipinski definition) is 4. The Morgan fingerprint density at radius 3 is 2.82 bits per heavy atom. The molecule has 1 aliphatic rings. The predicted octanol–water partition coefficient (Wildman–Crippen LogP) is 4.39. The molecule has 0 radical (unpaired) electrons. The number of nitriles is 1. The molecule has 2 aromatic carbocycles. The molecule has 5 rings (SSSR count). The molecule has 170 valence electrons. The molecular weight excluding hydrogens is 431 g/mol. The number of halogens is 1. The van der Waals surface area contributed by atoms with Gasteiger partial charge in [-0.2, -0.15) is 10.4 Å². The van der Waals surface area contributed by atoms with Crippen LogP contribution in [0.5, 0.6) is 0 Å². The molecule has 0 N–H and O–H groups in total. The number of amides is 1. The molecule has 8 heteroatoms. The van der Waals surface area contributed by atoms with Gasteiger partial charge >= 0.3 is 0 Å². The van der Waals surface area contributed by atoms with E-state index in [0.717, 1.165) is 28.7 Å². The molecule has 3 heterocycles. The van der Waals surface area contributed by atoms with Crippen molar-refractivity contribution in [3.63, 3.8) is 0 Å². The summed E-state index contributed by atoms with van der Waals surface area (Å²) >= 11 is 0. The lowest BCUT2D eigenvalue weighted by Gasteiger charge is -2.13. The highest BCUT2D eigenvalue weighted by molar-refractivity contribution is 5.93. The minimum atomic E-state index is -0.630. The molecule has 4 aromatic rings. The second-order valence-corrected chi connectivity index (χ2v) is 8.57. The van der Waals surface area contributed by atoms with Crippen LogP contribution in [0.4, 0.5) is 4.39 Å². The average Bonchev–Trinajstić information content (AvgIpc) is 3.56. The van der Waals surface area contributed by atoms with Crippen LogP contribution in [-0.4, -0.2) is 43.2 Å². The van der Waals surface area contributed by atoms with Crippen molar-refractivity contribution < 1.29 is 9.18 Å². The lowest BCUT2D eigenvalue weighted by atomic mass is 10.1. The molecular formula is C26H23FN6O. The summed E-state index contributed by atoms with van der Waals surface area (Å²) in [5.74, 6) is -0.104. The summed E-state index contributed by atoms with van der Waals surface area (Å²) in [6, 6.07) is 12.0. The third kappa shape index (κ3) is 3.55. The van der Waals surface area contributed by atoms with Gasteiger partial charge in [-0.15, -0.1) is 6.58 Å². The zero-order chi connectivity index (χ0) is 24.0. The Morgan fingerprint density at radius 2 is 2.12 bits per heavy atom. The van der Waals surface area contributed by atoms with Crippen LogP contribution >= 0.6 is 0 Å². The topological polar surface area (TPSA) is 79.7 Å². The van der Waals surface area contributed by atoms with Gasteiger partial charge in [-0.1, -0.05) is 6.08 Å². The first-order chi connectivity index (χ1) is 16.4. The van der Waals surface area contributed by atoms with E-state index in [1.165, 1.54) is 12.1 Å². The first-order valence-electron chi connectivity index (χ1n) is 11.0. The molecule has 7 nitrogen and oxygen atoms in total. The Labute approximate surface area is 196 Å². The van der Waals surface area contributed by atoms with Gasteiger partial charge in [-0.3, -0.25) is 14.0 Å². The maximum absolute atomic E-state index is 14.5. The van der Waals surface area contributed by atoms with Crippen LogP contribution in [0.3, 0.4) is 0 Å². The van der Waals surface area contributed by atoms with Gasteiger partial charge in [0.05, 0.1) is 11.1 Å². The number of likely N-dealkylation sites (tertiary alicyclic amines) is 1. The second kappa shape index (κ2) is 8.27. The summed E-state index contributed by atoms with van der Waals surface area (Å²) in [5, 5.41) is 14.6. The number of benzene rings is 2. The van der Waals surface area contributed by atoms with Gasteiger partial charge in [0, 0.05) is 48.7 Å². The fourth-order valence-electron chi connectivity index (χ4n) is 4.42. The SMILES string of the molecule is C=C[C@H]1CCN(C(=O)c2cn(-c3ccc4nn(C)c(C)c4c3)c(-c3ccc(C#N)c(F)c3)n2)C1. The smallest absolute Gasteiger partial charge is 0.274 e. The van der Waals surface area contributed by atoms with Crippen LogP contribution in [-0.2, 0) is 7.05 Å². The molecule has 0 spiro atoms. The summed E-state index contributed by atoms with van der Waals surface area (Å²) < 4.78 is 18.1. The molecule has 1 fully saturated rings. The van der Waals surface area contributed by atoms with Gasteiger partial charge in [0.25, 0.3) is 5.91 Å². The van der Waals surface area contributed by atoms with Crippen molar-refractivity contribution in [2.45, 2.75) is 13.3 Å². The van der Waals surface area contributed by atoms with E-state index in [2.05, 4.69) is 16.7 Å². The summed E-state index contributed by atoms with van der Waals surface area (Å²) in [7, 11) is 1.89. The third-order valence-corrected chi connectivity index (χ3v) is 6.51. The molecule has 0 saturated carbocycles. The number of hydrogen-bond donors (Lipinski definition) is 0. The van der Waals surface area contributed by atoms with Crippen LogP contribution in [0, 0.1) is 30.0 Å². The van der Waals surface area contributed by atoms with Gasteiger partial charge in [0.15, 0.2) is 0 Å². The van der Waals surface area contributed by atoms with E-state index in [0.29, 0.717) is 24.5 Å². The molecule has 1 amide bonds. The Balaban J connectivity index is 1.64. The number of nitrogens with zero attached hydrogens (tertiary/aromatic N) is 6. The summed E-state index contributed by atoms with van der Waals surface area (Å²) in [6.45, 7) is 7.08. The van der Waals surface area contributed by atoms with E-state index < -0.39 is 5.82 Å². The van der Waals surface area contributed by atoms with Crippen LogP contribution in [0.2, 0.25) is 0 Å². The zero-order valence-electron chi connectivity index (χ0n) is 19.0. The Kier molecular flexibility index (Phi) is 5.25. The largest absolute Gasteiger partial charge is 0.337 e. The molecule has 34 heavy (non-hydrogen) atoms. The van der Waals surface area contributed by atoms with Crippen LogP contribution in [0.25, 0.3) is 28.0 Å². The number of fused-ring (bicyclic) bond motifs is 1. The highest BCUT2D eigenvalue weighted by atomic mass is 19.1. The summed E-state index contributed by atoms with van der Waals surface area (Å²) in [6.07, 6.45) is 4.45. The first kappa shape index (κ1) is 21.6. The molecule has 1 atom stereocenters. The van der Waals surface area contributed by atoms with Crippen molar-refractivity contribution in [1.82, 2.24) is 24.2 Å². The Morgan fingerprint density at radius 1 is 1.29 bits per heavy atom. The first-order valence-corrected chi connectivity index (χ1v) is 11.0. The second-order valence-electron chi connectivity index (χ2n) is 8.57. The summed E-state index contributed by atoms with van der Waals surface area (Å²) in [4.78, 5) is 19.7. The van der Waals surface area contributed by atoms with E-state index in [1.807, 2.05) is 49.0 Å². The van der Waals surface area contributed by atoms with Gasteiger partial charge in [0.2, 0.25) is 0 Å². The van der Waals surface area contributed by atoms with E-state index >= 15 is 0 Å². The van der Waals surface area contributed by atoms with E-state index in [-0.39, 0.29) is 23.1 Å². The maximum atomic E-state index is 14.5. The van der Waals surface area contributed by atoms with Crippen molar-refractivity contribution in [2.75, 3.05) is 13.1 Å². The Hall–Kier alpha value is -4.25. The maximum Gasteiger partial charge on any atom is 0.274 e. The highest BCUT2D eigenvalue weighted by Crippen LogP contribution is 2.29. The quantitative estimate of drug-likeness (QED) is 0.428.